The molecular formula is C16H23N3O3S. The van der Waals surface area contributed by atoms with Crippen molar-refractivity contribution in [2.45, 2.75) is 45.2 Å². The highest BCUT2D eigenvalue weighted by Gasteiger charge is 2.23. The fourth-order valence-electron chi connectivity index (χ4n) is 2.40. The van der Waals surface area contributed by atoms with Gasteiger partial charge >= 0.3 is 0 Å². The molecule has 7 heteroatoms. The Morgan fingerprint density at radius 3 is 2.43 bits per heavy atom. The molecule has 0 amide bonds. The average molecular weight is 337 g/mol. The van der Waals surface area contributed by atoms with E-state index < -0.39 is 10.0 Å². The first-order valence-corrected chi connectivity index (χ1v) is 9.14. The minimum Gasteiger partial charge on any atom is -0.494 e. The summed E-state index contributed by atoms with van der Waals surface area (Å²) < 4.78 is 34.8. The van der Waals surface area contributed by atoms with E-state index >= 15 is 0 Å². The van der Waals surface area contributed by atoms with Crippen LogP contribution < -0.4 is 9.46 Å². The summed E-state index contributed by atoms with van der Waals surface area (Å²) in [6, 6.07) is 7.05. The molecule has 0 bridgehead atoms. The van der Waals surface area contributed by atoms with Crippen molar-refractivity contribution in [3.05, 3.63) is 41.7 Å². The van der Waals surface area contributed by atoms with Crippen LogP contribution in [0.15, 0.2) is 35.4 Å². The molecule has 126 valence electrons. The molecule has 2 rings (SSSR count). The maximum absolute atomic E-state index is 12.5. The van der Waals surface area contributed by atoms with Crippen LogP contribution in [-0.4, -0.2) is 24.8 Å². The summed E-state index contributed by atoms with van der Waals surface area (Å²) in [5.41, 5.74) is 1.51. The van der Waals surface area contributed by atoms with Gasteiger partial charge in [0.25, 0.3) is 0 Å². The predicted octanol–water partition coefficient (Wildman–Crippen LogP) is 2.65. The zero-order valence-electron chi connectivity index (χ0n) is 13.9. The summed E-state index contributed by atoms with van der Waals surface area (Å²) in [5, 5.41) is 4.09. The third-order valence-corrected chi connectivity index (χ3v) is 5.31. The number of nitrogens with one attached hydrogen (secondary N) is 1. The first kappa shape index (κ1) is 17.5. The summed E-state index contributed by atoms with van der Waals surface area (Å²) in [7, 11) is -3.61. The van der Waals surface area contributed by atoms with Gasteiger partial charge in [-0.1, -0.05) is 12.1 Å². The zero-order valence-corrected chi connectivity index (χ0v) is 14.7. The Morgan fingerprint density at radius 2 is 1.91 bits per heavy atom. The lowest BCUT2D eigenvalue weighted by Gasteiger charge is -2.15. The van der Waals surface area contributed by atoms with Crippen LogP contribution in [0.1, 0.15) is 38.1 Å². The first-order chi connectivity index (χ1) is 10.9. The number of sulfonamides is 1. The van der Waals surface area contributed by atoms with Crippen molar-refractivity contribution in [2.24, 2.45) is 0 Å². The minimum atomic E-state index is -3.61. The topological polar surface area (TPSA) is 73.2 Å². The Hall–Kier alpha value is -1.86. The van der Waals surface area contributed by atoms with E-state index in [1.807, 2.05) is 45.0 Å². The van der Waals surface area contributed by atoms with E-state index in [-0.39, 0.29) is 10.9 Å². The van der Waals surface area contributed by atoms with Gasteiger partial charge in [0.05, 0.1) is 18.5 Å². The predicted molar refractivity (Wildman–Crippen MR) is 89.0 cm³/mol. The maximum Gasteiger partial charge on any atom is 0.244 e. The van der Waals surface area contributed by atoms with E-state index in [0.717, 1.165) is 11.3 Å². The van der Waals surface area contributed by atoms with Gasteiger partial charge in [0.1, 0.15) is 10.6 Å². The second-order valence-corrected chi connectivity index (χ2v) is 6.94. The van der Waals surface area contributed by atoms with Crippen molar-refractivity contribution >= 4 is 10.0 Å². The van der Waals surface area contributed by atoms with Crippen LogP contribution in [0, 0.1) is 6.92 Å². The number of nitrogens with zero attached hydrogens (tertiary/aromatic N) is 2. The molecule has 1 unspecified atom stereocenters. The van der Waals surface area contributed by atoms with E-state index in [4.69, 9.17) is 4.74 Å². The Bertz CT molecular complexity index is 751. The monoisotopic (exact) mass is 337 g/mol. The molecule has 0 radical (unpaired) electrons. The molecule has 0 aliphatic carbocycles. The summed E-state index contributed by atoms with van der Waals surface area (Å²) in [4.78, 5) is 0.220. The Kier molecular flexibility index (Phi) is 5.43. The van der Waals surface area contributed by atoms with Crippen LogP contribution in [0.3, 0.4) is 0 Å². The summed E-state index contributed by atoms with van der Waals surface area (Å²) in [5.74, 6) is 0.770. The van der Waals surface area contributed by atoms with Crippen LogP contribution in [0.5, 0.6) is 5.75 Å². The van der Waals surface area contributed by atoms with Gasteiger partial charge in [0, 0.05) is 12.6 Å². The first-order valence-electron chi connectivity index (χ1n) is 7.66. The summed E-state index contributed by atoms with van der Waals surface area (Å²) in [6.07, 6.45) is 1.39. The number of hydrogen-bond acceptors (Lipinski definition) is 4. The van der Waals surface area contributed by atoms with Gasteiger partial charge in [0.15, 0.2) is 0 Å². The van der Waals surface area contributed by atoms with Crippen LogP contribution in [0.4, 0.5) is 0 Å². The minimum absolute atomic E-state index is 0.220. The van der Waals surface area contributed by atoms with Crippen molar-refractivity contribution in [2.75, 3.05) is 6.61 Å². The Labute approximate surface area is 137 Å². The van der Waals surface area contributed by atoms with Gasteiger partial charge in [-0.15, -0.1) is 0 Å². The van der Waals surface area contributed by atoms with Crippen molar-refractivity contribution in [1.29, 1.82) is 0 Å². The van der Waals surface area contributed by atoms with Gasteiger partial charge < -0.3 is 4.74 Å². The normalized spacial score (nSPS) is 13.0. The van der Waals surface area contributed by atoms with Gasteiger partial charge in [0.2, 0.25) is 10.0 Å². The molecule has 0 aliphatic heterocycles. The van der Waals surface area contributed by atoms with Crippen molar-refractivity contribution in [1.82, 2.24) is 14.5 Å². The molecule has 23 heavy (non-hydrogen) atoms. The van der Waals surface area contributed by atoms with Gasteiger partial charge in [-0.25, -0.2) is 13.1 Å². The van der Waals surface area contributed by atoms with Crippen LogP contribution >= 0.6 is 0 Å². The molecule has 1 aromatic heterocycles. The van der Waals surface area contributed by atoms with Crippen molar-refractivity contribution in [3.8, 4) is 5.75 Å². The molecule has 0 saturated heterocycles. The molecule has 0 spiro atoms. The third kappa shape index (κ3) is 3.92. The number of benzene rings is 1. The molecule has 6 nitrogen and oxygen atoms in total. The number of rotatable bonds is 7. The molecule has 1 atom stereocenters. The van der Waals surface area contributed by atoms with Gasteiger partial charge in [-0.05, 0) is 45.4 Å². The van der Waals surface area contributed by atoms with Crippen LogP contribution in [-0.2, 0) is 16.6 Å². The highest BCUT2D eigenvalue weighted by atomic mass is 32.2. The number of hydrogen-bond donors (Lipinski definition) is 1. The Morgan fingerprint density at radius 1 is 1.26 bits per heavy atom. The van der Waals surface area contributed by atoms with E-state index in [9.17, 15) is 8.42 Å². The maximum atomic E-state index is 12.5. The van der Waals surface area contributed by atoms with Gasteiger partial charge in [-0.3, -0.25) is 4.68 Å². The summed E-state index contributed by atoms with van der Waals surface area (Å²) in [6.45, 7) is 8.65. The molecule has 0 saturated carbocycles. The molecule has 2 aromatic rings. The SMILES string of the molecule is CCOc1ccc(C(C)NS(=O)(=O)c2cnn(CC)c2C)cc1. The lowest BCUT2D eigenvalue weighted by molar-refractivity contribution is 0.340. The standard InChI is InChI=1S/C16H23N3O3S/c1-5-19-13(4)16(11-17-19)23(20,21)18-12(3)14-7-9-15(10-8-14)22-6-2/h7-12,18H,5-6H2,1-4H3. The Balaban J connectivity index is 2.17. The van der Waals surface area contributed by atoms with E-state index in [1.165, 1.54) is 6.20 Å². The quantitative estimate of drug-likeness (QED) is 0.843. The molecular weight excluding hydrogens is 314 g/mol. The molecule has 1 aromatic carbocycles. The summed E-state index contributed by atoms with van der Waals surface area (Å²) >= 11 is 0. The van der Waals surface area contributed by atoms with E-state index in [2.05, 4.69) is 9.82 Å². The zero-order chi connectivity index (χ0) is 17.0. The molecule has 1 heterocycles. The van der Waals surface area contributed by atoms with Crippen LogP contribution in [0.25, 0.3) is 0 Å². The van der Waals surface area contributed by atoms with Crippen molar-refractivity contribution < 1.29 is 13.2 Å². The largest absolute Gasteiger partial charge is 0.494 e. The highest BCUT2D eigenvalue weighted by Crippen LogP contribution is 2.21. The molecule has 1 N–H and O–H groups in total. The number of ether oxygens (including phenoxy) is 1. The number of aromatic nitrogens is 2. The lowest BCUT2D eigenvalue weighted by atomic mass is 10.1. The highest BCUT2D eigenvalue weighted by molar-refractivity contribution is 7.89. The second kappa shape index (κ2) is 7.14. The van der Waals surface area contributed by atoms with Gasteiger partial charge in [-0.2, -0.15) is 5.10 Å². The van der Waals surface area contributed by atoms with E-state index in [0.29, 0.717) is 18.8 Å². The van der Waals surface area contributed by atoms with E-state index in [1.54, 1.807) is 11.6 Å². The fourth-order valence-corrected chi connectivity index (χ4v) is 3.80. The van der Waals surface area contributed by atoms with Crippen molar-refractivity contribution in [3.63, 3.8) is 0 Å². The van der Waals surface area contributed by atoms with Crippen LogP contribution in [0.2, 0.25) is 0 Å². The lowest BCUT2D eigenvalue weighted by Crippen LogP contribution is -2.27. The molecule has 0 aliphatic rings. The average Bonchev–Trinajstić information content (AvgIpc) is 2.89. The molecule has 0 fully saturated rings. The number of aryl methyl sites for hydroxylation is 1. The third-order valence-electron chi connectivity index (χ3n) is 3.67. The second-order valence-electron chi connectivity index (χ2n) is 5.26. The fraction of sp³-hybridized carbons (Fsp3) is 0.438. The smallest absolute Gasteiger partial charge is 0.244 e.